The summed E-state index contributed by atoms with van der Waals surface area (Å²) in [5, 5.41) is 18.8. The first-order valence-electron chi connectivity index (χ1n) is 10.7. The first kappa shape index (κ1) is 20.4. The molecule has 1 aliphatic rings. The van der Waals surface area contributed by atoms with Gasteiger partial charge >= 0.3 is 0 Å². The Labute approximate surface area is 186 Å². The van der Waals surface area contributed by atoms with Crippen LogP contribution < -0.4 is 9.80 Å². The van der Waals surface area contributed by atoms with Crippen LogP contribution in [-0.2, 0) is 6.54 Å². The maximum absolute atomic E-state index is 10.0. The van der Waals surface area contributed by atoms with Gasteiger partial charge in [0.25, 0.3) is 0 Å². The zero-order chi connectivity index (χ0) is 22.3. The molecule has 0 aromatic carbocycles. The lowest BCUT2D eigenvalue weighted by Gasteiger charge is -2.35. The average molecular weight is 434 g/mol. The minimum atomic E-state index is -0.820. The Kier molecular flexibility index (Phi) is 5.01. The van der Waals surface area contributed by atoms with Gasteiger partial charge < -0.3 is 14.9 Å². The number of aromatic nitrogens is 7. The second kappa shape index (κ2) is 7.86. The van der Waals surface area contributed by atoms with Gasteiger partial charge in [-0.3, -0.25) is 4.68 Å². The number of hydrogen-bond acceptors (Lipinski definition) is 8. The third kappa shape index (κ3) is 4.13. The minimum absolute atomic E-state index is 0.431. The summed E-state index contributed by atoms with van der Waals surface area (Å²) in [5.74, 6) is 1.69. The van der Waals surface area contributed by atoms with Gasteiger partial charge in [0.1, 0.15) is 11.8 Å². The summed E-state index contributed by atoms with van der Waals surface area (Å²) in [6.45, 7) is 9.28. The molecule has 0 bridgehead atoms. The van der Waals surface area contributed by atoms with Crippen molar-refractivity contribution in [1.82, 2.24) is 34.3 Å². The lowest BCUT2D eigenvalue weighted by molar-refractivity contribution is 0.0577. The normalized spacial score (nSPS) is 15.0. The summed E-state index contributed by atoms with van der Waals surface area (Å²) in [5.41, 5.74) is 3.19. The second-order valence-corrected chi connectivity index (χ2v) is 8.92. The van der Waals surface area contributed by atoms with Crippen molar-refractivity contribution >= 4 is 17.3 Å². The molecular weight excluding hydrogens is 406 g/mol. The van der Waals surface area contributed by atoms with Crippen LogP contribution >= 0.6 is 0 Å². The van der Waals surface area contributed by atoms with Gasteiger partial charge in [-0.15, -0.1) is 0 Å². The molecule has 1 saturated heterocycles. The molecule has 0 aliphatic carbocycles. The number of rotatable bonds is 5. The smallest absolute Gasteiger partial charge is 0.225 e. The monoisotopic (exact) mass is 433 g/mol. The molecule has 1 aliphatic heterocycles. The van der Waals surface area contributed by atoms with E-state index in [1.807, 2.05) is 42.4 Å². The quantitative estimate of drug-likeness (QED) is 0.508. The highest BCUT2D eigenvalue weighted by Gasteiger charge is 2.22. The predicted octanol–water partition coefficient (Wildman–Crippen LogP) is 1.79. The predicted molar refractivity (Wildman–Crippen MR) is 122 cm³/mol. The number of aliphatic hydroxyl groups is 1. The van der Waals surface area contributed by atoms with Crippen molar-refractivity contribution in [3.05, 3.63) is 48.9 Å². The molecular formula is C22H27N9O. The number of fused-ring (bicyclic) bond motifs is 1. The number of aryl methyl sites for hydroxylation is 1. The van der Waals surface area contributed by atoms with Crippen molar-refractivity contribution < 1.29 is 5.11 Å². The van der Waals surface area contributed by atoms with Gasteiger partial charge in [0, 0.05) is 62.1 Å². The van der Waals surface area contributed by atoms with Crippen molar-refractivity contribution in [2.75, 3.05) is 36.0 Å². The summed E-state index contributed by atoms with van der Waals surface area (Å²) < 4.78 is 3.62. The fraction of sp³-hybridized carbons (Fsp3) is 0.409. The molecule has 5 heterocycles. The molecule has 4 aromatic heterocycles. The second-order valence-electron chi connectivity index (χ2n) is 8.92. The molecule has 10 nitrogen and oxygen atoms in total. The van der Waals surface area contributed by atoms with Crippen molar-refractivity contribution in [2.24, 2.45) is 0 Å². The fourth-order valence-corrected chi connectivity index (χ4v) is 3.98. The summed E-state index contributed by atoms with van der Waals surface area (Å²) in [4.78, 5) is 18.0. The number of hydrogen-bond donors (Lipinski definition) is 1. The van der Waals surface area contributed by atoms with E-state index in [1.54, 1.807) is 24.9 Å². The van der Waals surface area contributed by atoms with Crippen LogP contribution in [0.15, 0.2) is 43.4 Å². The van der Waals surface area contributed by atoms with Gasteiger partial charge in [-0.1, -0.05) is 0 Å². The van der Waals surface area contributed by atoms with Crippen LogP contribution in [0.25, 0.3) is 16.6 Å². The van der Waals surface area contributed by atoms with Gasteiger partial charge in [0.05, 0.1) is 18.3 Å². The SMILES string of the molecule is Cc1cnc(N2CCN(c3ncnn4cc(-c5cnn(CC(C)(C)O)c5)cc34)CC2)nc1. The lowest BCUT2D eigenvalue weighted by Crippen LogP contribution is -2.47. The molecule has 10 heteroatoms. The van der Waals surface area contributed by atoms with Crippen molar-refractivity contribution in [2.45, 2.75) is 32.9 Å². The van der Waals surface area contributed by atoms with E-state index in [2.05, 4.69) is 41.0 Å². The first-order valence-corrected chi connectivity index (χ1v) is 10.7. The summed E-state index contributed by atoms with van der Waals surface area (Å²) in [7, 11) is 0. The first-order chi connectivity index (χ1) is 15.4. The van der Waals surface area contributed by atoms with Crippen molar-refractivity contribution in [1.29, 1.82) is 0 Å². The molecule has 0 unspecified atom stereocenters. The molecule has 5 rings (SSSR count). The van der Waals surface area contributed by atoms with Crippen LogP contribution in [0.4, 0.5) is 11.8 Å². The maximum Gasteiger partial charge on any atom is 0.225 e. The minimum Gasteiger partial charge on any atom is -0.389 e. The highest BCUT2D eigenvalue weighted by molar-refractivity contribution is 5.77. The zero-order valence-corrected chi connectivity index (χ0v) is 18.5. The summed E-state index contributed by atoms with van der Waals surface area (Å²) >= 11 is 0. The Morgan fingerprint density at radius 3 is 2.34 bits per heavy atom. The molecule has 0 amide bonds. The molecule has 0 saturated carbocycles. The van der Waals surface area contributed by atoms with Crippen LogP contribution in [0.3, 0.4) is 0 Å². The fourth-order valence-electron chi connectivity index (χ4n) is 3.98. The highest BCUT2D eigenvalue weighted by Crippen LogP contribution is 2.27. The Morgan fingerprint density at radius 1 is 0.906 bits per heavy atom. The van der Waals surface area contributed by atoms with Crippen LogP contribution in [0.5, 0.6) is 0 Å². The highest BCUT2D eigenvalue weighted by atomic mass is 16.3. The van der Waals surface area contributed by atoms with E-state index in [4.69, 9.17) is 0 Å². The molecule has 0 radical (unpaired) electrons. The third-order valence-corrected chi connectivity index (χ3v) is 5.53. The van der Waals surface area contributed by atoms with Gasteiger partial charge in [0.15, 0.2) is 5.82 Å². The molecule has 1 fully saturated rings. The Balaban J connectivity index is 1.36. The van der Waals surface area contributed by atoms with Crippen molar-refractivity contribution in [3.8, 4) is 11.1 Å². The van der Waals surface area contributed by atoms with E-state index < -0.39 is 5.60 Å². The Bertz CT molecular complexity index is 1210. The van der Waals surface area contributed by atoms with Crippen LogP contribution in [0.1, 0.15) is 19.4 Å². The lowest BCUT2D eigenvalue weighted by atomic mass is 10.1. The topological polar surface area (TPSA) is 100 Å². The van der Waals surface area contributed by atoms with E-state index >= 15 is 0 Å². The van der Waals surface area contributed by atoms with Gasteiger partial charge in [-0.2, -0.15) is 10.2 Å². The van der Waals surface area contributed by atoms with E-state index in [-0.39, 0.29) is 0 Å². The number of piperazine rings is 1. The van der Waals surface area contributed by atoms with E-state index in [0.717, 1.165) is 60.2 Å². The molecule has 32 heavy (non-hydrogen) atoms. The van der Waals surface area contributed by atoms with Crippen LogP contribution in [0, 0.1) is 6.92 Å². The van der Waals surface area contributed by atoms with Gasteiger partial charge in [-0.05, 0) is 32.4 Å². The Hall–Kier alpha value is -3.53. The van der Waals surface area contributed by atoms with E-state index in [1.165, 1.54) is 0 Å². The average Bonchev–Trinajstić information content (AvgIpc) is 3.40. The van der Waals surface area contributed by atoms with Gasteiger partial charge in [0.2, 0.25) is 5.95 Å². The number of nitrogens with zero attached hydrogens (tertiary/aromatic N) is 9. The van der Waals surface area contributed by atoms with Gasteiger partial charge in [-0.25, -0.2) is 19.5 Å². The standard InChI is InChI=1S/C22H27N9O/c1-16-9-23-21(24-10-16)29-6-4-28(5-7-29)20-19-8-17(13-31(19)27-15-25-20)18-11-26-30(12-18)14-22(2,3)32/h8-13,15,32H,4-7,14H2,1-3H3. The molecule has 0 atom stereocenters. The largest absolute Gasteiger partial charge is 0.389 e. The van der Waals surface area contributed by atoms with E-state index in [0.29, 0.717) is 6.54 Å². The van der Waals surface area contributed by atoms with Crippen LogP contribution in [0.2, 0.25) is 0 Å². The molecule has 0 spiro atoms. The molecule has 166 valence electrons. The van der Waals surface area contributed by atoms with E-state index in [9.17, 15) is 5.11 Å². The third-order valence-electron chi connectivity index (χ3n) is 5.53. The Morgan fingerprint density at radius 2 is 1.62 bits per heavy atom. The number of anilines is 2. The summed E-state index contributed by atoms with van der Waals surface area (Å²) in [6.07, 6.45) is 11.1. The summed E-state index contributed by atoms with van der Waals surface area (Å²) in [6, 6.07) is 2.09. The maximum atomic E-state index is 10.0. The van der Waals surface area contributed by atoms with Crippen LogP contribution in [-0.4, -0.2) is 71.2 Å². The van der Waals surface area contributed by atoms with Crippen molar-refractivity contribution in [3.63, 3.8) is 0 Å². The molecule has 1 N–H and O–H groups in total. The zero-order valence-electron chi connectivity index (χ0n) is 18.5. The molecule has 4 aromatic rings.